The minimum atomic E-state index is -0.570. The third-order valence-corrected chi connectivity index (χ3v) is 2.98. The molecule has 0 radical (unpaired) electrons. The van der Waals surface area contributed by atoms with E-state index in [1.54, 1.807) is 18.2 Å². The molecule has 2 aromatic carbocycles. The summed E-state index contributed by atoms with van der Waals surface area (Å²) in [5.41, 5.74) is 1.80. The molecule has 0 atom stereocenters. The van der Waals surface area contributed by atoms with Gasteiger partial charge in [0.2, 0.25) is 0 Å². The molecule has 0 saturated heterocycles. The van der Waals surface area contributed by atoms with Crippen molar-refractivity contribution in [3.8, 4) is 11.8 Å². The Morgan fingerprint density at radius 2 is 1.71 bits per heavy atom. The molecule has 106 valence electrons. The van der Waals surface area contributed by atoms with Crippen molar-refractivity contribution in [3.05, 3.63) is 64.7 Å². The van der Waals surface area contributed by atoms with Crippen LogP contribution in [0, 0.1) is 11.3 Å². The number of hydrogen-bond acceptors (Lipinski definition) is 5. The lowest BCUT2D eigenvalue weighted by atomic mass is 10.1. The number of aliphatic hydroxyl groups is 2. The molecule has 0 fully saturated rings. The van der Waals surface area contributed by atoms with Crippen molar-refractivity contribution in [2.45, 2.75) is 13.2 Å². The second kappa shape index (κ2) is 6.66. The van der Waals surface area contributed by atoms with Crippen molar-refractivity contribution >= 4 is 5.97 Å². The lowest BCUT2D eigenvalue weighted by Gasteiger charge is -2.08. The van der Waals surface area contributed by atoms with Gasteiger partial charge in [0.25, 0.3) is 0 Å². The predicted molar refractivity (Wildman–Crippen MR) is 74.4 cm³/mol. The number of ether oxygens (including phenoxy) is 1. The highest BCUT2D eigenvalue weighted by atomic mass is 16.5. The van der Waals surface area contributed by atoms with Gasteiger partial charge in [-0.2, -0.15) is 5.26 Å². The third kappa shape index (κ3) is 3.45. The zero-order chi connectivity index (χ0) is 15.2. The lowest BCUT2D eigenvalue weighted by Crippen LogP contribution is -2.09. The van der Waals surface area contributed by atoms with Crippen LogP contribution in [-0.4, -0.2) is 16.2 Å². The average Bonchev–Trinajstić information content (AvgIpc) is 2.54. The number of nitrogens with zero attached hydrogens (tertiary/aromatic N) is 1. The van der Waals surface area contributed by atoms with E-state index in [-0.39, 0.29) is 18.8 Å². The molecule has 21 heavy (non-hydrogen) atoms. The molecule has 0 bridgehead atoms. The number of carbonyl (C=O) groups is 1. The Bertz CT molecular complexity index is 686. The summed E-state index contributed by atoms with van der Waals surface area (Å²) in [4.78, 5) is 12.0. The van der Waals surface area contributed by atoms with Crippen molar-refractivity contribution in [1.29, 1.82) is 5.26 Å². The van der Waals surface area contributed by atoms with Gasteiger partial charge in [-0.05, 0) is 47.5 Å². The topological polar surface area (TPSA) is 90.5 Å². The number of benzene rings is 2. The summed E-state index contributed by atoms with van der Waals surface area (Å²) in [5, 5.41) is 27.0. The number of esters is 1. The van der Waals surface area contributed by atoms with Crippen LogP contribution in [0.2, 0.25) is 0 Å². The van der Waals surface area contributed by atoms with Gasteiger partial charge < -0.3 is 14.9 Å². The molecule has 0 aliphatic heterocycles. The van der Waals surface area contributed by atoms with Crippen LogP contribution in [0.3, 0.4) is 0 Å². The number of aliphatic hydroxyl groups excluding tert-OH is 2. The largest absolute Gasteiger partial charge is 0.423 e. The molecule has 0 aliphatic carbocycles. The Labute approximate surface area is 121 Å². The van der Waals surface area contributed by atoms with E-state index in [2.05, 4.69) is 0 Å². The second-order valence-corrected chi connectivity index (χ2v) is 4.33. The van der Waals surface area contributed by atoms with E-state index in [1.807, 2.05) is 6.07 Å². The highest BCUT2D eigenvalue weighted by Crippen LogP contribution is 2.17. The first-order valence-corrected chi connectivity index (χ1v) is 6.23. The van der Waals surface area contributed by atoms with Crippen LogP contribution in [0.1, 0.15) is 27.0 Å². The van der Waals surface area contributed by atoms with Gasteiger partial charge in [0, 0.05) is 0 Å². The van der Waals surface area contributed by atoms with Gasteiger partial charge in [-0.15, -0.1) is 0 Å². The summed E-state index contributed by atoms with van der Waals surface area (Å²) in [6.45, 7) is -0.477. The first-order valence-electron chi connectivity index (χ1n) is 6.23. The van der Waals surface area contributed by atoms with E-state index in [9.17, 15) is 9.90 Å². The fourth-order valence-electron chi connectivity index (χ4n) is 1.82. The Morgan fingerprint density at radius 3 is 2.29 bits per heavy atom. The van der Waals surface area contributed by atoms with Gasteiger partial charge in [-0.1, -0.05) is 6.07 Å². The van der Waals surface area contributed by atoms with Crippen molar-refractivity contribution in [3.63, 3.8) is 0 Å². The van der Waals surface area contributed by atoms with Gasteiger partial charge in [0.1, 0.15) is 5.75 Å². The van der Waals surface area contributed by atoms with Crippen LogP contribution in [-0.2, 0) is 13.2 Å². The number of nitriles is 1. The second-order valence-electron chi connectivity index (χ2n) is 4.33. The minimum absolute atomic E-state index is 0.207. The van der Waals surface area contributed by atoms with Crippen LogP contribution in [0.4, 0.5) is 0 Å². The number of carbonyl (C=O) groups excluding carboxylic acids is 1. The monoisotopic (exact) mass is 283 g/mol. The summed E-state index contributed by atoms with van der Waals surface area (Å²) in [7, 11) is 0. The molecule has 0 unspecified atom stereocenters. The molecule has 5 heteroatoms. The Balaban J connectivity index is 2.18. The Hall–Kier alpha value is -2.68. The van der Waals surface area contributed by atoms with Gasteiger partial charge in [0.15, 0.2) is 0 Å². The predicted octanol–water partition coefficient (Wildman–Crippen LogP) is 1.76. The normalized spacial score (nSPS) is 9.95. The molecular weight excluding hydrogens is 270 g/mol. The van der Waals surface area contributed by atoms with Crippen LogP contribution < -0.4 is 4.74 Å². The highest BCUT2D eigenvalue weighted by Gasteiger charge is 2.11. The highest BCUT2D eigenvalue weighted by molar-refractivity contribution is 5.91. The molecule has 2 aromatic rings. The van der Waals surface area contributed by atoms with Crippen LogP contribution >= 0.6 is 0 Å². The maximum atomic E-state index is 12.0. The smallest absolute Gasteiger partial charge is 0.343 e. The summed E-state index contributed by atoms with van der Waals surface area (Å²) in [6.07, 6.45) is 0. The zero-order valence-corrected chi connectivity index (χ0v) is 11.1. The zero-order valence-electron chi connectivity index (χ0n) is 11.1. The number of hydrogen-bond donors (Lipinski definition) is 2. The molecule has 0 aliphatic rings. The van der Waals surface area contributed by atoms with Gasteiger partial charge >= 0.3 is 5.97 Å². The van der Waals surface area contributed by atoms with Crippen LogP contribution in [0.5, 0.6) is 5.75 Å². The SMILES string of the molecule is N#Cc1ccc(OC(=O)c2ccc(CO)c(CO)c2)cc1. The standard InChI is InChI=1S/C16H13NO4/c17-8-11-1-5-15(6-2-11)21-16(20)12-3-4-13(9-18)14(7-12)10-19/h1-7,18-19H,9-10H2. The molecule has 0 heterocycles. The number of rotatable bonds is 4. The summed E-state index contributed by atoms with van der Waals surface area (Å²) in [6, 6.07) is 12.7. The maximum absolute atomic E-state index is 12.0. The fourth-order valence-corrected chi connectivity index (χ4v) is 1.82. The Kier molecular flexibility index (Phi) is 4.67. The third-order valence-electron chi connectivity index (χ3n) is 2.98. The van der Waals surface area contributed by atoms with E-state index < -0.39 is 5.97 Å². The van der Waals surface area contributed by atoms with Crippen molar-refractivity contribution < 1.29 is 19.7 Å². The van der Waals surface area contributed by atoms with Crippen LogP contribution in [0.25, 0.3) is 0 Å². The molecule has 2 N–H and O–H groups in total. The van der Waals surface area contributed by atoms with E-state index in [0.29, 0.717) is 22.4 Å². The minimum Gasteiger partial charge on any atom is -0.423 e. The van der Waals surface area contributed by atoms with Crippen molar-refractivity contribution in [1.82, 2.24) is 0 Å². The molecule has 0 saturated carbocycles. The van der Waals surface area contributed by atoms with Gasteiger partial charge in [0.05, 0.1) is 30.4 Å². The van der Waals surface area contributed by atoms with Gasteiger partial charge in [-0.25, -0.2) is 4.79 Å². The first kappa shape index (κ1) is 14.7. The maximum Gasteiger partial charge on any atom is 0.343 e. The summed E-state index contributed by atoms with van der Waals surface area (Å²) < 4.78 is 5.18. The van der Waals surface area contributed by atoms with Crippen molar-refractivity contribution in [2.75, 3.05) is 0 Å². The first-order chi connectivity index (χ1) is 10.2. The fraction of sp³-hybridized carbons (Fsp3) is 0.125. The lowest BCUT2D eigenvalue weighted by molar-refractivity contribution is 0.0734. The van der Waals surface area contributed by atoms with E-state index in [4.69, 9.17) is 15.1 Å². The average molecular weight is 283 g/mol. The van der Waals surface area contributed by atoms with E-state index in [0.717, 1.165) is 0 Å². The summed E-state index contributed by atoms with van der Waals surface area (Å²) >= 11 is 0. The molecule has 0 spiro atoms. The molecule has 2 rings (SSSR count). The molecule has 5 nitrogen and oxygen atoms in total. The van der Waals surface area contributed by atoms with Gasteiger partial charge in [-0.3, -0.25) is 0 Å². The van der Waals surface area contributed by atoms with Crippen LogP contribution in [0.15, 0.2) is 42.5 Å². The van der Waals surface area contributed by atoms with E-state index >= 15 is 0 Å². The van der Waals surface area contributed by atoms with E-state index in [1.165, 1.54) is 24.3 Å². The summed E-state index contributed by atoms with van der Waals surface area (Å²) in [5.74, 6) is -0.241. The molecule has 0 amide bonds. The molecule has 0 aromatic heterocycles. The quantitative estimate of drug-likeness (QED) is 0.659. The molecular formula is C16H13NO4. The Morgan fingerprint density at radius 1 is 1.05 bits per heavy atom. The van der Waals surface area contributed by atoms with Crippen molar-refractivity contribution in [2.24, 2.45) is 0 Å².